The number of nitro groups is 1. The summed E-state index contributed by atoms with van der Waals surface area (Å²) < 4.78 is 20.3. The summed E-state index contributed by atoms with van der Waals surface area (Å²) in [5.74, 6) is 0.0184. The zero-order valence-corrected chi connectivity index (χ0v) is 17.1. The van der Waals surface area contributed by atoms with E-state index in [1.165, 1.54) is 24.5 Å². The lowest BCUT2D eigenvalue weighted by Gasteiger charge is -2.38. The fourth-order valence-corrected chi connectivity index (χ4v) is 3.83. The highest BCUT2D eigenvalue weighted by atomic mass is 19.1. The van der Waals surface area contributed by atoms with Crippen molar-refractivity contribution < 1.29 is 14.1 Å². The molecule has 2 aliphatic rings. The molecule has 0 N–H and O–H groups in total. The Labute approximate surface area is 174 Å². The minimum Gasteiger partial charge on any atom is -0.378 e. The van der Waals surface area contributed by atoms with E-state index >= 15 is 4.39 Å². The van der Waals surface area contributed by atoms with Crippen molar-refractivity contribution in [2.45, 2.75) is 13.0 Å². The summed E-state index contributed by atoms with van der Waals surface area (Å²) in [5, 5.41) is 11.8. The summed E-state index contributed by atoms with van der Waals surface area (Å²) in [4.78, 5) is 26.0. The van der Waals surface area contributed by atoms with Crippen LogP contribution in [-0.4, -0.2) is 78.8 Å². The molecular formula is C20H25FN6O3. The van der Waals surface area contributed by atoms with E-state index in [0.29, 0.717) is 56.6 Å². The highest BCUT2D eigenvalue weighted by molar-refractivity contribution is 5.74. The molecule has 2 aromatic rings. The van der Waals surface area contributed by atoms with Crippen LogP contribution in [0.15, 0.2) is 24.5 Å². The number of halogens is 1. The number of likely N-dealkylation sites (N-methyl/N-ethyl adjacent to an activating group) is 1. The van der Waals surface area contributed by atoms with Gasteiger partial charge in [0, 0.05) is 74.4 Å². The second-order valence-corrected chi connectivity index (χ2v) is 7.72. The van der Waals surface area contributed by atoms with E-state index in [1.54, 1.807) is 0 Å². The minimum absolute atomic E-state index is 0.111. The van der Waals surface area contributed by atoms with Crippen LogP contribution in [0.5, 0.6) is 0 Å². The van der Waals surface area contributed by atoms with Gasteiger partial charge in [0.15, 0.2) is 0 Å². The van der Waals surface area contributed by atoms with Gasteiger partial charge in [-0.3, -0.25) is 10.1 Å². The van der Waals surface area contributed by atoms with Crippen LogP contribution in [0.3, 0.4) is 0 Å². The lowest BCUT2D eigenvalue weighted by atomic mass is 10.0. The van der Waals surface area contributed by atoms with Gasteiger partial charge >= 0.3 is 0 Å². The molecule has 0 spiro atoms. The molecule has 0 unspecified atom stereocenters. The van der Waals surface area contributed by atoms with Crippen LogP contribution >= 0.6 is 0 Å². The molecule has 0 saturated carbocycles. The first-order valence-electron chi connectivity index (χ1n) is 10.0. The molecule has 2 fully saturated rings. The normalized spacial score (nSPS) is 20.4. The maximum absolute atomic E-state index is 15.0. The van der Waals surface area contributed by atoms with Crippen molar-refractivity contribution in [3.63, 3.8) is 0 Å². The highest BCUT2D eigenvalue weighted by Gasteiger charge is 2.28. The quantitative estimate of drug-likeness (QED) is 0.554. The molecule has 2 saturated heterocycles. The Morgan fingerprint density at radius 1 is 1.13 bits per heavy atom. The van der Waals surface area contributed by atoms with Gasteiger partial charge in [0.2, 0.25) is 5.95 Å². The van der Waals surface area contributed by atoms with Gasteiger partial charge in [0.05, 0.1) is 18.1 Å². The van der Waals surface area contributed by atoms with Crippen molar-refractivity contribution in [1.82, 2.24) is 14.9 Å². The Hall–Kier alpha value is -2.85. The molecule has 2 aliphatic heterocycles. The van der Waals surface area contributed by atoms with E-state index in [9.17, 15) is 10.1 Å². The average molecular weight is 416 g/mol. The van der Waals surface area contributed by atoms with E-state index in [0.717, 1.165) is 6.54 Å². The number of nitrogens with zero attached hydrogens (tertiary/aromatic N) is 6. The molecule has 30 heavy (non-hydrogen) atoms. The van der Waals surface area contributed by atoms with E-state index in [1.807, 2.05) is 16.8 Å². The molecule has 0 aliphatic carbocycles. The van der Waals surface area contributed by atoms with Crippen molar-refractivity contribution in [3.05, 3.63) is 40.5 Å². The van der Waals surface area contributed by atoms with Gasteiger partial charge in [-0.2, -0.15) is 0 Å². The van der Waals surface area contributed by atoms with Gasteiger partial charge < -0.3 is 19.4 Å². The number of morpholine rings is 1. The predicted octanol–water partition coefficient (Wildman–Crippen LogP) is 2.17. The molecular weight excluding hydrogens is 391 g/mol. The van der Waals surface area contributed by atoms with Gasteiger partial charge in [0.25, 0.3) is 5.69 Å². The summed E-state index contributed by atoms with van der Waals surface area (Å²) in [5.41, 5.74) is 0.736. The standard InChI is InChI=1S/C20H25FN6O3/c1-14-13-26(4-3-24(14)2)18-10-17(21)16(9-19(18)27(28)29)15-11-22-20(23-12-15)25-5-7-30-8-6-25/h9-12,14H,3-8,13H2,1-2H3/t14-/m1/s1. The number of ether oxygens (including phenoxy) is 1. The number of hydrogen-bond donors (Lipinski definition) is 0. The monoisotopic (exact) mass is 416 g/mol. The number of nitro benzene ring substituents is 1. The van der Waals surface area contributed by atoms with Crippen LogP contribution in [-0.2, 0) is 4.74 Å². The van der Waals surface area contributed by atoms with Crippen molar-refractivity contribution >= 4 is 17.3 Å². The van der Waals surface area contributed by atoms with Crippen LogP contribution in [0.1, 0.15) is 6.92 Å². The van der Waals surface area contributed by atoms with Crippen molar-refractivity contribution in [3.8, 4) is 11.1 Å². The number of rotatable bonds is 4. The Kier molecular flexibility index (Phi) is 5.78. The first-order chi connectivity index (χ1) is 14.4. The largest absolute Gasteiger partial charge is 0.378 e. The Bertz CT molecular complexity index is 920. The lowest BCUT2D eigenvalue weighted by Crippen LogP contribution is -2.50. The lowest BCUT2D eigenvalue weighted by molar-refractivity contribution is -0.384. The predicted molar refractivity (Wildman–Crippen MR) is 111 cm³/mol. The molecule has 3 heterocycles. The molecule has 0 radical (unpaired) electrons. The maximum Gasteiger partial charge on any atom is 0.293 e. The van der Waals surface area contributed by atoms with Gasteiger partial charge in [0.1, 0.15) is 11.5 Å². The third-order valence-electron chi connectivity index (χ3n) is 5.80. The number of anilines is 2. The summed E-state index contributed by atoms with van der Waals surface area (Å²) >= 11 is 0. The Morgan fingerprint density at radius 2 is 1.83 bits per heavy atom. The number of benzene rings is 1. The topological polar surface area (TPSA) is 87.9 Å². The molecule has 1 atom stereocenters. The first-order valence-corrected chi connectivity index (χ1v) is 10.0. The van der Waals surface area contributed by atoms with Crippen LogP contribution < -0.4 is 9.80 Å². The maximum atomic E-state index is 15.0. The smallest absolute Gasteiger partial charge is 0.293 e. The number of piperazine rings is 1. The van der Waals surface area contributed by atoms with Gasteiger partial charge in [-0.25, -0.2) is 14.4 Å². The third kappa shape index (κ3) is 4.05. The Balaban J connectivity index is 1.64. The van der Waals surface area contributed by atoms with Gasteiger partial charge in [-0.1, -0.05) is 0 Å². The Morgan fingerprint density at radius 3 is 2.47 bits per heavy atom. The van der Waals surface area contributed by atoms with Crippen molar-refractivity contribution in [1.29, 1.82) is 0 Å². The summed E-state index contributed by atoms with van der Waals surface area (Å²) in [6.07, 6.45) is 3.02. The molecule has 0 bridgehead atoms. The second kappa shape index (κ2) is 8.49. The number of hydrogen-bond acceptors (Lipinski definition) is 8. The van der Waals surface area contributed by atoms with Crippen LogP contribution in [0.25, 0.3) is 11.1 Å². The van der Waals surface area contributed by atoms with Gasteiger partial charge in [-0.05, 0) is 14.0 Å². The average Bonchev–Trinajstić information content (AvgIpc) is 2.76. The molecule has 9 nitrogen and oxygen atoms in total. The summed E-state index contributed by atoms with van der Waals surface area (Å²) in [7, 11) is 2.01. The van der Waals surface area contributed by atoms with Gasteiger partial charge in [-0.15, -0.1) is 0 Å². The van der Waals surface area contributed by atoms with Crippen LogP contribution in [0.2, 0.25) is 0 Å². The zero-order chi connectivity index (χ0) is 21.3. The van der Waals surface area contributed by atoms with Crippen LogP contribution in [0.4, 0.5) is 21.7 Å². The number of aromatic nitrogens is 2. The zero-order valence-electron chi connectivity index (χ0n) is 17.1. The first kappa shape index (κ1) is 20.4. The van der Waals surface area contributed by atoms with Crippen molar-refractivity contribution in [2.75, 3.05) is 62.8 Å². The van der Waals surface area contributed by atoms with Crippen LogP contribution in [0, 0.1) is 15.9 Å². The highest BCUT2D eigenvalue weighted by Crippen LogP contribution is 2.36. The van der Waals surface area contributed by atoms with E-state index in [-0.39, 0.29) is 17.3 Å². The SMILES string of the molecule is C[C@@H]1CN(c2cc(F)c(-c3cnc(N4CCOCC4)nc3)cc2[N+](=O)[O-])CCN1C. The second-order valence-electron chi connectivity index (χ2n) is 7.72. The third-order valence-corrected chi connectivity index (χ3v) is 5.80. The van der Waals surface area contributed by atoms with E-state index in [2.05, 4.69) is 21.8 Å². The minimum atomic E-state index is -0.523. The fourth-order valence-electron chi connectivity index (χ4n) is 3.83. The van der Waals surface area contributed by atoms with E-state index in [4.69, 9.17) is 4.74 Å². The van der Waals surface area contributed by atoms with E-state index < -0.39 is 10.7 Å². The molecule has 1 aromatic heterocycles. The molecule has 0 amide bonds. The molecule has 1 aromatic carbocycles. The fraction of sp³-hybridized carbons (Fsp3) is 0.500. The summed E-state index contributed by atoms with van der Waals surface area (Å²) in [6.45, 7) is 6.63. The van der Waals surface area contributed by atoms with Crippen molar-refractivity contribution in [2.24, 2.45) is 0 Å². The molecule has 4 rings (SSSR count). The molecule has 10 heteroatoms. The summed E-state index contributed by atoms with van der Waals surface area (Å²) in [6, 6.07) is 2.78. The molecule has 160 valence electrons.